The fourth-order valence-corrected chi connectivity index (χ4v) is 1.93. The van der Waals surface area contributed by atoms with Crippen molar-refractivity contribution >= 4 is 11.5 Å². The van der Waals surface area contributed by atoms with Crippen LogP contribution in [-0.2, 0) is 0 Å². The maximum absolute atomic E-state index is 4.37. The average molecular weight is 218 g/mol. The van der Waals surface area contributed by atoms with Gasteiger partial charge in [-0.15, -0.1) is 14.8 Å². The summed E-state index contributed by atoms with van der Waals surface area (Å²) in [4.78, 5) is 2.19. The third-order valence-electron chi connectivity index (χ3n) is 3.33. The van der Waals surface area contributed by atoms with E-state index in [2.05, 4.69) is 39.5 Å². The summed E-state index contributed by atoms with van der Waals surface area (Å²) in [7, 11) is 2.07. The number of tetrazole rings is 1. The topological polar surface area (TPSA) is 59.2 Å². The highest BCUT2D eigenvalue weighted by molar-refractivity contribution is 5.44. The third-order valence-corrected chi connectivity index (χ3v) is 3.33. The highest BCUT2D eigenvalue weighted by Crippen LogP contribution is 2.35. The zero-order chi connectivity index (χ0) is 11.1. The van der Waals surface area contributed by atoms with Crippen LogP contribution in [0, 0.1) is 5.92 Å². The predicted octanol–water partition coefficient (Wildman–Crippen LogP) is 0.754. The minimum absolute atomic E-state index is 0.529. The van der Waals surface area contributed by atoms with Crippen LogP contribution in [0.25, 0.3) is 5.65 Å². The van der Waals surface area contributed by atoms with Gasteiger partial charge < -0.3 is 4.90 Å². The van der Waals surface area contributed by atoms with Gasteiger partial charge in [-0.25, -0.2) is 0 Å². The van der Waals surface area contributed by atoms with Crippen LogP contribution in [0.3, 0.4) is 0 Å². The van der Waals surface area contributed by atoms with Gasteiger partial charge in [0.25, 0.3) is 0 Å². The molecule has 3 rings (SSSR count). The van der Waals surface area contributed by atoms with Crippen LogP contribution in [0.4, 0.5) is 5.82 Å². The highest BCUT2D eigenvalue weighted by Gasteiger charge is 2.31. The molecule has 6 nitrogen and oxygen atoms in total. The number of hydrogen-bond acceptors (Lipinski definition) is 5. The molecule has 1 saturated carbocycles. The molecule has 0 aromatic carbocycles. The molecule has 1 aliphatic rings. The molecule has 0 amide bonds. The van der Waals surface area contributed by atoms with Crippen molar-refractivity contribution in [3.8, 4) is 0 Å². The lowest BCUT2D eigenvalue weighted by atomic mass is 10.2. The molecule has 2 aromatic heterocycles. The molecule has 1 atom stereocenters. The van der Waals surface area contributed by atoms with Crippen LogP contribution in [0.5, 0.6) is 0 Å². The van der Waals surface area contributed by atoms with Gasteiger partial charge in [0.15, 0.2) is 11.5 Å². The molecule has 1 aliphatic carbocycles. The summed E-state index contributed by atoms with van der Waals surface area (Å²) >= 11 is 0. The molecule has 6 heteroatoms. The van der Waals surface area contributed by atoms with Gasteiger partial charge in [0.05, 0.1) is 0 Å². The van der Waals surface area contributed by atoms with E-state index in [1.807, 2.05) is 12.1 Å². The normalized spacial score (nSPS) is 17.6. The summed E-state index contributed by atoms with van der Waals surface area (Å²) in [6.45, 7) is 2.24. The fraction of sp³-hybridized carbons (Fsp3) is 0.600. The van der Waals surface area contributed by atoms with E-state index in [0.29, 0.717) is 11.7 Å². The van der Waals surface area contributed by atoms with Crippen LogP contribution in [0.2, 0.25) is 0 Å². The van der Waals surface area contributed by atoms with Gasteiger partial charge in [-0.05, 0) is 48.2 Å². The molecule has 2 heterocycles. The fourth-order valence-electron chi connectivity index (χ4n) is 1.93. The van der Waals surface area contributed by atoms with Crippen molar-refractivity contribution < 1.29 is 0 Å². The van der Waals surface area contributed by atoms with Crippen molar-refractivity contribution in [2.24, 2.45) is 5.92 Å². The Bertz CT molecular complexity index is 503. The maximum Gasteiger partial charge on any atom is 0.200 e. The summed E-state index contributed by atoms with van der Waals surface area (Å²) in [6.07, 6.45) is 2.66. The van der Waals surface area contributed by atoms with Crippen molar-refractivity contribution in [2.75, 3.05) is 11.9 Å². The van der Waals surface area contributed by atoms with E-state index in [0.717, 1.165) is 11.7 Å². The van der Waals surface area contributed by atoms with Gasteiger partial charge in [0.1, 0.15) is 0 Å². The quantitative estimate of drug-likeness (QED) is 0.761. The Labute approximate surface area is 93.2 Å². The van der Waals surface area contributed by atoms with Crippen LogP contribution in [0.1, 0.15) is 19.8 Å². The maximum atomic E-state index is 4.37. The first-order valence-corrected chi connectivity index (χ1v) is 5.54. The minimum atomic E-state index is 0.529. The Balaban J connectivity index is 1.91. The highest BCUT2D eigenvalue weighted by atomic mass is 15.6. The molecule has 0 aliphatic heterocycles. The zero-order valence-electron chi connectivity index (χ0n) is 9.41. The van der Waals surface area contributed by atoms with E-state index >= 15 is 0 Å². The molecule has 0 spiro atoms. The molecular weight excluding hydrogens is 204 g/mol. The van der Waals surface area contributed by atoms with Gasteiger partial charge in [-0.2, -0.15) is 0 Å². The lowest BCUT2D eigenvalue weighted by Crippen LogP contribution is -2.31. The second-order valence-corrected chi connectivity index (χ2v) is 4.41. The zero-order valence-corrected chi connectivity index (χ0v) is 9.41. The molecule has 0 unspecified atom stereocenters. The van der Waals surface area contributed by atoms with Gasteiger partial charge in [0.2, 0.25) is 0 Å². The Morgan fingerprint density at radius 1 is 1.44 bits per heavy atom. The van der Waals surface area contributed by atoms with Crippen molar-refractivity contribution in [2.45, 2.75) is 25.8 Å². The SMILES string of the molecule is C[C@H](C1CC1)N(C)c1ccc2nnnn2n1. The molecule has 0 bridgehead atoms. The van der Waals surface area contributed by atoms with Crippen LogP contribution < -0.4 is 4.90 Å². The number of anilines is 1. The molecule has 16 heavy (non-hydrogen) atoms. The second-order valence-electron chi connectivity index (χ2n) is 4.41. The molecular formula is C10H14N6. The second kappa shape index (κ2) is 3.40. The van der Waals surface area contributed by atoms with Crippen molar-refractivity contribution in [1.82, 2.24) is 25.3 Å². The average Bonchev–Trinajstić information content (AvgIpc) is 3.05. The summed E-state index contributed by atoms with van der Waals surface area (Å²) in [6, 6.07) is 4.38. The van der Waals surface area contributed by atoms with E-state index in [-0.39, 0.29) is 0 Å². The van der Waals surface area contributed by atoms with E-state index in [9.17, 15) is 0 Å². The van der Waals surface area contributed by atoms with E-state index in [1.54, 1.807) is 0 Å². The van der Waals surface area contributed by atoms with E-state index in [4.69, 9.17) is 0 Å². The van der Waals surface area contributed by atoms with Gasteiger partial charge in [-0.1, -0.05) is 0 Å². The Morgan fingerprint density at radius 3 is 3.00 bits per heavy atom. The molecule has 1 fully saturated rings. The third kappa shape index (κ3) is 1.50. The largest absolute Gasteiger partial charge is 0.355 e. The Hall–Kier alpha value is -1.72. The molecule has 0 N–H and O–H groups in total. The van der Waals surface area contributed by atoms with E-state index in [1.165, 1.54) is 17.5 Å². The predicted molar refractivity (Wildman–Crippen MR) is 59.2 cm³/mol. The van der Waals surface area contributed by atoms with E-state index < -0.39 is 0 Å². The van der Waals surface area contributed by atoms with Crippen molar-refractivity contribution in [3.63, 3.8) is 0 Å². The molecule has 2 aromatic rings. The summed E-state index contributed by atoms with van der Waals surface area (Å²) in [5.74, 6) is 1.73. The van der Waals surface area contributed by atoms with Gasteiger partial charge in [0, 0.05) is 13.1 Å². The number of rotatable bonds is 3. The summed E-state index contributed by atoms with van der Waals surface area (Å²) in [5.41, 5.74) is 0.677. The summed E-state index contributed by atoms with van der Waals surface area (Å²) < 4.78 is 1.46. The first-order valence-electron chi connectivity index (χ1n) is 5.54. The summed E-state index contributed by atoms with van der Waals surface area (Å²) in [5, 5.41) is 15.6. The first-order chi connectivity index (χ1) is 7.75. The number of nitrogens with zero attached hydrogens (tertiary/aromatic N) is 6. The number of aromatic nitrogens is 5. The van der Waals surface area contributed by atoms with Gasteiger partial charge in [-0.3, -0.25) is 0 Å². The Morgan fingerprint density at radius 2 is 2.25 bits per heavy atom. The Kier molecular flexibility index (Phi) is 2.02. The van der Waals surface area contributed by atoms with Gasteiger partial charge >= 0.3 is 0 Å². The van der Waals surface area contributed by atoms with Crippen molar-refractivity contribution in [1.29, 1.82) is 0 Å². The lowest BCUT2D eigenvalue weighted by Gasteiger charge is -2.25. The number of fused-ring (bicyclic) bond motifs is 1. The lowest BCUT2D eigenvalue weighted by molar-refractivity contribution is 0.594. The molecule has 0 radical (unpaired) electrons. The first kappa shape index (κ1) is 9.50. The van der Waals surface area contributed by atoms with Crippen molar-refractivity contribution in [3.05, 3.63) is 12.1 Å². The molecule has 84 valence electrons. The monoisotopic (exact) mass is 218 g/mol. The standard InChI is InChI=1S/C10H14N6/c1-7(8-3-4-8)15(2)10-6-5-9-11-13-14-16(9)12-10/h5-8H,3-4H2,1-2H3/t7-/m1/s1. The van der Waals surface area contributed by atoms with Crippen LogP contribution in [-0.4, -0.2) is 38.3 Å². The minimum Gasteiger partial charge on any atom is -0.355 e. The smallest absolute Gasteiger partial charge is 0.200 e. The number of hydrogen-bond donors (Lipinski definition) is 0. The molecule has 0 saturated heterocycles. The van der Waals surface area contributed by atoms with Crippen LogP contribution >= 0.6 is 0 Å². The van der Waals surface area contributed by atoms with Crippen LogP contribution in [0.15, 0.2) is 12.1 Å².